The zero-order valence-corrected chi connectivity index (χ0v) is 14.7. The van der Waals surface area contributed by atoms with Gasteiger partial charge in [-0.3, -0.25) is 0 Å². The molecule has 1 rings (SSSR count). The normalized spacial score (nSPS) is 23.4. The highest BCUT2D eigenvalue weighted by molar-refractivity contribution is 5.67. The topological polar surface area (TPSA) is 50.4 Å². The van der Waals surface area contributed by atoms with Gasteiger partial charge in [0.2, 0.25) is 0 Å². The molecule has 0 bridgehead atoms. The van der Waals surface area contributed by atoms with Crippen molar-refractivity contribution in [1.82, 2.24) is 10.6 Å². The van der Waals surface area contributed by atoms with Crippen LogP contribution in [0.15, 0.2) is 0 Å². The fourth-order valence-corrected chi connectivity index (χ4v) is 2.93. The number of amides is 1. The second kappa shape index (κ2) is 7.48. The molecule has 1 fully saturated rings. The van der Waals surface area contributed by atoms with Gasteiger partial charge in [0, 0.05) is 12.1 Å². The summed E-state index contributed by atoms with van der Waals surface area (Å²) in [4.78, 5) is 11.7. The number of alkyl carbamates (subject to hydrolysis) is 1. The molecule has 1 aliphatic carbocycles. The molecular weight excluding hydrogens is 264 g/mol. The average molecular weight is 298 g/mol. The van der Waals surface area contributed by atoms with E-state index in [1.54, 1.807) is 0 Å². The third kappa shape index (κ3) is 7.16. The monoisotopic (exact) mass is 298 g/mol. The van der Waals surface area contributed by atoms with Crippen LogP contribution in [0.5, 0.6) is 0 Å². The van der Waals surface area contributed by atoms with E-state index in [0.29, 0.717) is 11.5 Å². The first-order valence-electron chi connectivity index (χ1n) is 8.33. The van der Waals surface area contributed by atoms with Gasteiger partial charge >= 0.3 is 6.09 Å². The van der Waals surface area contributed by atoms with Gasteiger partial charge in [-0.1, -0.05) is 26.7 Å². The lowest BCUT2D eigenvalue weighted by Crippen LogP contribution is -2.46. The van der Waals surface area contributed by atoms with E-state index in [4.69, 9.17) is 4.74 Å². The highest BCUT2D eigenvalue weighted by Gasteiger charge is 2.31. The SMILES string of the molecule is CC(CCNC1CCCCC1(C)C)NC(=O)OC(C)(C)C. The Labute approximate surface area is 130 Å². The maximum absolute atomic E-state index is 11.7. The van der Waals surface area contributed by atoms with E-state index in [-0.39, 0.29) is 12.1 Å². The molecule has 1 aliphatic rings. The van der Waals surface area contributed by atoms with Crippen LogP contribution in [0.3, 0.4) is 0 Å². The largest absolute Gasteiger partial charge is 0.444 e. The Bertz CT molecular complexity index is 334. The van der Waals surface area contributed by atoms with Gasteiger partial charge in [0.05, 0.1) is 0 Å². The van der Waals surface area contributed by atoms with Crippen molar-refractivity contribution in [1.29, 1.82) is 0 Å². The number of nitrogens with one attached hydrogen (secondary N) is 2. The van der Waals surface area contributed by atoms with Crippen molar-refractivity contribution in [2.45, 2.75) is 91.3 Å². The van der Waals surface area contributed by atoms with Gasteiger partial charge in [-0.25, -0.2) is 4.79 Å². The van der Waals surface area contributed by atoms with Crippen molar-refractivity contribution in [3.63, 3.8) is 0 Å². The molecule has 0 aliphatic heterocycles. The summed E-state index contributed by atoms with van der Waals surface area (Å²) in [5.74, 6) is 0. The summed E-state index contributed by atoms with van der Waals surface area (Å²) in [5.41, 5.74) is -0.0474. The molecule has 0 aromatic carbocycles. The number of rotatable bonds is 5. The van der Waals surface area contributed by atoms with Crippen molar-refractivity contribution in [2.24, 2.45) is 5.41 Å². The van der Waals surface area contributed by atoms with Crippen molar-refractivity contribution in [3.05, 3.63) is 0 Å². The standard InChI is InChI=1S/C17H34N2O2/c1-13(19-15(20)21-16(2,3)4)10-12-18-14-9-7-8-11-17(14,5)6/h13-14,18H,7-12H2,1-6H3,(H,19,20). The average Bonchev–Trinajstić information content (AvgIpc) is 2.28. The molecule has 2 unspecified atom stereocenters. The van der Waals surface area contributed by atoms with E-state index in [1.807, 2.05) is 27.7 Å². The molecule has 0 saturated heterocycles. The van der Waals surface area contributed by atoms with Crippen LogP contribution in [0, 0.1) is 5.41 Å². The second-order valence-electron chi connectivity index (χ2n) is 8.08. The maximum Gasteiger partial charge on any atom is 0.407 e. The van der Waals surface area contributed by atoms with Crippen LogP contribution < -0.4 is 10.6 Å². The molecule has 0 aromatic heterocycles. The van der Waals surface area contributed by atoms with Crippen LogP contribution in [-0.4, -0.2) is 30.3 Å². The first-order valence-corrected chi connectivity index (χ1v) is 8.33. The molecule has 4 heteroatoms. The van der Waals surface area contributed by atoms with Crippen LogP contribution in [0.4, 0.5) is 4.79 Å². The van der Waals surface area contributed by atoms with Gasteiger partial charge in [-0.15, -0.1) is 0 Å². The first kappa shape index (κ1) is 18.3. The molecule has 124 valence electrons. The van der Waals surface area contributed by atoms with Gasteiger partial charge in [-0.05, 0) is 58.9 Å². The molecule has 0 radical (unpaired) electrons. The lowest BCUT2D eigenvalue weighted by molar-refractivity contribution is 0.0505. The lowest BCUT2D eigenvalue weighted by atomic mass is 9.73. The van der Waals surface area contributed by atoms with E-state index in [1.165, 1.54) is 25.7 Å². The number of carbonyl (C=O) groups is 1. The minimum atomic E-state index is -0.436. The maximum atomic E-state index is 11.7. The number of hydrogen-bond donors (Lipinski definition) is 2. The summed E-state index contributed by atoms with van der Waals surface area (Å²) in [7, 11) is 0. The number of carbonyl (C=O) groups excluding carboxylic acids is 1. The Kier molecular flexibility index (Phi) is 6.51. The summed E-state index contributed by atoms with van der Waals surface area (Å²) in [5, 5.41) is 6.57. The van der Waals surface area contributed by atoms with E-state index in [9.17, 15) is 4.79 Å². The third-order valence-corrected chi connectivity index (χ3v) is 4.24. The molecule has 21 heavy (non-hydrogen) atoms. The highest BCUT2D eigenvalue weighted by atomic mass is 16.6. The Balaban J connectivity index is 2.24. The summed E-state index contributed by atoms with van der Waals surface area (Å²) in [6.45, 7) is 13.3. The fraction of sp³-hybridized carbons (Fsp3) is 0.941. The van der Waals surface area contributed by atoms with Gasteiger partial charge in [0.1, 0.15) is 5.60 Å². The van der Waals surface area contributed by atoms with Gasteiger partial charge in [0.25, 0.3) is 0 Å². The third-order valence-electron chi connectivity index (χ3n) is 4.24. The predicted molar refractivity (Wildman–Crippen MR) is 87.5 cm³/mol. The van der Waals surface area contributed by atoms with E-state index in [2.05, 4.69) is 24.5 Å². The predicted octanol–water partition coefficient (Wildman–Crippen LogP) is 3.85. The molecule has 0 spiro atoms. The highest BCUT2D eigenvalue weighted by Crippen LogP contribution is 2.35. The molecule has 0 heterocycles. The van der Waals surface area contributed by atoms with Gasteiger partial charge < -0.3 is 15.4 Å². The summed E-state index contributed by atoms with van der Waals surface area (Å²) in [6.07, 6.45) is 5.84. The van der Waals surface area contributed by atoms with E-state index >= 15 is 0 Å². The molecule has 1 amide bonds. The lowest BCUT2D eigenvalue weighted by Gasteiger charge is -2.39. The number of hydrogen-bond acceptors (Lipinski definition) is 3. The minimum Gasteiger partial charge on any atom is -0.444 e. The summed E-state index contributed by atoms with van der Waals surface area (Å²) >= 11 is 0. The summed E-state index contributed by atoms with van der Waals surface area (Å²) in [6, 6.07) is 0.721. The van der Waals surface area contributed by atoms with Crippen molar-refractivity contribution in [2.75, 3.05) is 6.54 Å². The van der Waals surface area contributed by atoms with Crippen LogP contribution in [-0.2, 0) is 4.74 Å². The zero-order chi connectivity index (χ0) is 16.1. The van der Waals surface area contributed by atoms with Gasteiger partial charge in [0.15, 0.2) is 0 Å². The van der Waals surface area contributed by atoms with Crippen molar-refractivity contribution >= 4 is 6.09 Å². The van der Waals surface area contributed by atoms with Crippen molar-refractivity contribution < 1.29 is 9.53 Å². The molecule has 4 nitrogen and oxygen atoms in total. The van der Waals surface area contributed by atoms with Crippen LogP contribution in [0.25, 0.3) is 0 Å². The first-order chi connectivity index (χ1) is 9.60. The zero-order valence-electron chi connectivity index (χ0n) is 14.7. The van der Waals surface area contributed by atoms with Gasteiger partial charge in [-0.2, -0.15) is 0 Å². The molecule has 2 N–H and O–H groups in total. The second-order valence-corrected chi connectivity index (χ2v) is 8.08. The smallest absolute Gasteiger partial charge is 0.407 e. The molecule has 0 aromatic rings. The molecular formula is C17H34N2O2. The summed E-state index contributed by atoms with van der Waals surface area (Å²) < 4.78 is 5.27. The molecule has 1 saturated carbocycles. The van der Waals surface area contributed by atoms with Crippen LogP contribution in [0.1, 0.15) is 73.6 Å². The Morgan fingerprint density at radius 1 is 1.33 bits per heavy atom. The Hall–Kier alpha value is -0.770. The number of ether oxygens (including phenoxy) is 1. The quantitative estimate of drug-likeness (QED) is 0.810. The van der Waals surface area contributed by atoms with Crippen LogP contribution >= 0.6 is 0 Å². The molecule has 2 atom stereocenters. The minimum absolute atomic E-state index is 0.124. The Morgan fingerprint density at radius 2 is 2.00 bits per heavy atom. The van der Waals surface area contributed by atoms with Crippen LogP contribution in [0.2, 0.25) is 0 Å². The van der Waals surface area contributed by atoms with E-state index < -0.39 is 5.60 Å². The van der Waals surface area contributed by atoms with Crippen molar-refractivity contribution in [3.8, 4) is 0 Å². The Morgan fingerprint density at radius 3 is 2.57 bits per heavy atom. The fourth-order valence-electron chi connectivity index (χ4n) is 2.93. The van der Waals surface area contributed by atoms with E-state index in [0.717, 1.165) is 13.0 Å².